The molecular weight excluding hydrogens is 410 g/mol. The number of carbonyl (C=O) groups excluding carboxylic acids is 1. The summed E-state index contributed by atoms with van der Waals surface area (Å²) < 4.78 is 3.05. The molecule has 2 aromatic carbocycles. The summed E-state index contributed by atoms with van der Waals surface area (Å²) in [5, 5.41) is 3.01. The van der Waals surface area contributed by atoms with E-state index in [0.29, 0.717) is 12.3 Å². The summed E-state index contributed by atoms with van der Waals surface area (Å²) in [6.07, 6.45) is 5.40. The SMILES string of the molecule is Cc1cc(SCC(=O)NCc2ccccc2-n2ccnc2)c(C)cc1Br. The largest absolute Gasteiger partial charge is 0.351 e. The fraction of sp³-hybridized carbons (Fsp3) is 0.200. The Morgan fingerprint density at radius 2 is 2.04 bits per heavy atom. The molecule has 3 rings (SSSR count). The maximum Gasteiger partial charge on any atom is 0.230 e. The van der Waals surface area contributed by atoms with E-state index in [9.17, 15) is 4.79 Å². The van der Waals surface area contributed by atoms with Gasteiger partial charge in [-0.15, -0.1) is 11.8 Å². The van der Waals surface area contributed by atoms with Crippen LogP contribution < -0.4 is 5.32 Å². The number of para-hydroxylation sites is 1. The van der Waals surface area contributed by atoms with Gasteiger partial charge in [0.2, 0.25) is 5.91 Å². The fourth-order valence-corrected chi connectivity index (χ4v) is 4.01. The van der Waals surface area contributed by atoms with Crippen LogP contribution in [-0.2, 0) is 11.3 Å². The van der Waals surface area contributed by atoms with Gasteiger partial charge in [0.1, 0.15) is 0 Å². The van der Waals surface area contributed by atoms with Crippen molar-refractivity contribution in [3.63, 3.8) is 0 Å². The van der Waals surface area contributed by atoms with Crippen molar-refractivity contribution in [2.75, 3.05) is 5.75 Å². The maximum atomic E-state index is 12.3. The number of hydrogen-bond donors (Lipinski definition) is 1. The smallest absolute Gasteiger partial charge is 0.230 e. The molecule has 1 aromatic heterocycles. The van der Waals surface area contributed by atoms with Crippen molar-refractivity contribution in [2.24, 2.45) is 0 Å². The van der Waals surface area contributed by atoms with E-state index in [1.165, 1.54) is 11.1 Å². The van der Waals surface area contributed by atoms with Crippen LogP contribution in [0.4, 0.5) is 0 Å². The van der Waals surface area contributed by atoms with Gasteiger partial charge in [-0.2, -0.15) is 0 Å². The van der Waals surface area contributed by atoms with Crippen molar-refractivity contribution in [3.8, 4) is 5.69 Å². The summed E-state index contributed by atoms with van der Waals surface area (Å²) in [6, 6.07) is 12.2. The molecule has 1 N–H and O–H groups in total. The van der Waals surface area contributed by atoms with Crippen LogP contribution in [0.5, 0.6) is 0 Å². The van der Waals surface area contributed by atoms with Crippen molar-refractivity contribution >= 4 is 33.6 Å². The third-order valence-corrected chi connectivity index (χ3v) is 6.08. The zero-order valence-electron chi connectivity index (χ0n) is 14.7. The molecule has 0 fully saturated rings. The van der Waals surface area contributed by atoms with Gasteiger partial charge in [-0.05, 0) is 48.7 Å². The quantitative estimate of drug-likeness (QED) is 0.579. The number of aromatic nitrogens is 2. The Balaban J connectivity index is 1.60. The number of aryl methyl sites for hydroxylation is 2. The third kappa shape index (κ3) is 4.56. The average Bonchev–Trinajstić information content (AvgIpc) is 3.16. The van der Waals surface area contributed by atoms with Crippen molar-refractivity contribution in [2.45, 2.75) is 25.3 Å². The first kappa shape index (κ1) is 18.7. The van der Waals surface area contributed by atoms with Gasteiger partial charge in [0.15, 0.2) is 0 Å². The van der Waals surface area contributed by atoms with Crippen LogP contribution in [0.1, 0.15) is 16.7 Å². The zero-order chi connectivity index (χ0) is 18.5. The van der Waals surface area contributed by atoms with Crippen LogP contribution in [0.3, 0.4) is 0 Å². The first-order valence-corrected chi connectivity index (χ1v) is 10.0. The molecule has 0 spiro atoms. The second-order valence-corrected chi connectivity index (χ2v) is 7.90. The average molecular weight is 430 g/mol. The molecule has 3 aromatic rings. The number of rotatable bonds is 6. The lowest BCUT2D eigenvalue weighted by Crippen LogP contribution is -2.25. The van der Waals surface area contributed by atoms with Gasteiger partial charge < -0.3 is 9.88 Å². The molecule has 0 aliphatic carbocycles. The summed E-state index contributed by atoms with van der Waals surface area (Å²) in [5.74, 6) is 0.421. The second-order valence-electron chi connectivity index (χ2n) is 6.03. The van der Waals surface area contributed by atoms with Crippen molar-refractivity contribution in [1.82, 2.24) is 14.9 Å². The van der Waals surface area contributed by atoms with Gasteiger partial charge in [0.25, 0.3) is 0 Å². The van der Waals surface area contributed by atoms with Crippen LogP contribution in [-0.4, -0.2) is 21.2 Å². The Labute approximate surface area is 166 Å². The normalized spacial score (nSPS) is 10.7. The topological polar surface area (TPSA) is 46.9 Å². The van der Waals surface area contributed by atoms with Gasteiger partial charge in [-0.1, -0.05) is 34.1 Å². The highest BCUT2D eigenvalue weighted by Gasteiger charge is 2.09. The van der Waals surface area contributed by atoms with Crippen molar-refractivity contribution in [3.05, 3.63) is 76.3 Å². The minimum atomic E-state index is 0.0235. The van der Waals surface area contributed by atoms with Crippen molar-refractivity contribution < 1.29 is 4.79 Å². The number of nitrogens with one attached hydrogen (secondary N) is 1. The highest BCUT2D eigenvalue weighted by Crippen LogP contribution is 2.28. The van der Waals surface area contributed by atoms with E-state index in [4.69, 9.17) is 0 Å². The monoisotopic (exact) mass is 429 g/mol. The summed E-state index contributed by atoms with van der Waals surface area (Å²) in [4.78, 5) is 17.5. The molecule has 0 bridgehead atoms. The highest BCUT2D eigenvalue weighted by molar-refractivity contribution is 9.10. The van der Waals surface area contributed by atoms with Crippen LogP contribution >= 0.6 is 27.7 Å². The number of carbonyl (C=O) groups is 1. The molecule has 0 unspecified atom stereocenters. The number of imidazole rings is 1. The Kier molecular flexibility index (Phi) is 6.16. The summed E-state index contributed by atoms with van der Waals surface area (Å²) in [6.45, 7) is 4.61. The lowest BCUT2D eigenvalue weighted by molar-refractivity contribution is -0.118. The summed E-state index contributed by atoms with van der Waals surface area (Å²) in [5.41, 5.74) is 4.43. The molecule has 26 heavy (non-hydrogen) atoms. The van der Waals surface area contributed by atoms with E-state index in [1.54, 1.807) is 24.3 Å². The lowest BCUT2D eigenvalue weighted by atomic mass is 10.1. The molecule has 0 saturated heterocycles. The lowest BCUT2D eigenvalue weighted by Gasteiger charge is -2.12. The first-order chi connectivity index (χ1) is 12.5. The molecule has 1 heterocycles. The Hall–Kier alpha value is -2.05. The van der Waals surface area contributed by atoms with Crippen LogP contribution in [0.2, 0.25) is 0 Å². The molecule has 0 radical (unpaired) electrons. The van der Waals surface area contributed by atoms with Gasteiger partial charge in [0.05, 0.1) is 17.8 Å². The Morgan fingerprint density at radius 1 is 1.23 bits per heavy atom. The van der Waals surface area contributed by atoms with E-state index in [2.05, 4.69) is 52.2 Å². The number of thioether (sulfide) groups is 1. The third-order valence-electron chi connectivity index (χ3n) is 4.07. The number of hydrogen-bond acceptors (Lipinski definition) is 3. The number of amides is 1. The van der Waals surface area contributed by atoms with Gasteiger partial charge in [-0.25, -0.2) is 4.98 Å². The van der Waals surface area contributed by atoms with E-state index >= 15 is 0 Å². The summed E-state index contributed by atoms with van der Waals surface area (Å²) in [7, 11) is 0. The first-order valence-electron chi connectivity index (χ1n) is 8.27. The van der Waals surface area contributed by atoms with Crippen molar-refractivity contribution in [1.29, 1.82) is 0 Å². The van der Waals surface area contributed by atoms with Crippen LogP contribution in [0.25, 0.3) is 5.69 Å². The van der Waals surface area contributed by atoms with E-state index in [0.717, 1.165) is 20.6 Å². The number of benzene rings is 2. The van der Waals surface area contributed by atoms with E-state index < -0.39 is 0 Å². The Morgan fingerprint density at radius 3 is 2.81 bits per heavy atom. The molecule has 1 amide bonds. The molecule has 0 aliphatic rings. The Bertz CT molecular complexity index is 909. The van der Waals surface area contributed by atoms with Gasteiger partial charge >= 0.3 is 0 Å². The molecule has 0 saturated carbocycles. The molecule has 0 atom stereocenters. The minimum Gasteiger partial charge on any atom is -0.351 e. The van der Waals surface area contributed by atoms with Crippen LogP contribution in [0.15, 0.2) is 64.5 Å². The fourth-order valence-electron chi connectivity index (χ4n) is 2.61. The molecule has 134 valence electrons. The predicted molar refractivity (Wildman–Crippen MR) is 110 cm³/mol. The molecule has 0 aliphatic heterocycles. The molecular formula is C20H20BrN3OS. The maximum absolute atomic E-state index is 12.3. The highest BCUT2D eigenvalue weighted by atomic mass is 79.9. The minimum absolute atomic E-state index is 0.0235. The van der Waals surface area contributed by atoms with Gasteiger partial charge in [-0.3, -0.25) is 4.79 Å². The number of nitrogens with zero attached hydrogens (tertiary/aromatic N) is 2. The number of halogens is 1. The van der Waals surface area contributed by atoms with E-state index in [1.807, 2.05) is 35.0 Å². The molecule has 4 nitrogen and oxygen atoms in total. The zero-order valence-corrected chi connectivity index (χ0v) is 17.1. The summed E-state index contributed by atoms with van der Waals surface area (Å²) >= 11 is 5.11. The second kappa shape index (κ2) is 8.56. The predicted octanol–water partition coefficient (Wildman–Crippen LogP) is 4.66. The molecule has 6 heteroatoms. The standard InChI is InChI=1S/C20H20BrN3OS/c1-14-10-19(15(2)9-17(14)21)26-12-20(25)23-11-16-5-3-4-6-18(16)24-8-7-22-13-24/h3-10,13H,11-12H2,1-2H3,(H,23,25). The van der Waals surface area contributed by atoms with Crippen LogP contribution in [0, 0.1) is 13.8 Å². The van der Waals surface area contributed by atoms with E-state index in [-0.39, 0.29) is 5.91 Å². The van der Waals surface area contributed by atoms with Gasteiger partial charge in [0, 0.05) is 28.3 Å².